The summed E-state index contributed by atoms with van der Waals surface area (Å²) in [5, 5.41) is 3.18. The second kappa shape index (κ2) is 3.94. The Labute approximate surface area is 63.6 Å². The molecule has 1 aliphatic heterocycles. The number of nitrogens with zero attached hydrogens (tertiary/aromatic N) is 1. The summed E-state index contributed by atoms with van der Waals surface area (Å²) in [6.45, 7) is 5.97. The Morgan fingerprint density at radius 2 is 2.00 bits per heavy atom. The molecular weight excluding hydrogens is 124 g/mol. The van der Waals surface area contributed by atoms with Crippen molar-refractivity contribution in [3.05, 3.63) is 0 Å². The Hall–Kier alpha value is -0.0800. The predicted molar refractivity (Wildman–Crippen MR) is 43.9 cm³/mol. The van der Waals surface area contributed by atoms with Crippen molar-refractivity contribution in [2.24, 2.45) is 5.92 Å². The SMILES string of the molecule is CNCN1CCC(C)CC1. The highest BCUT2D eigenvalue weighted by molar-refractivity contribution is 4.67. The maximum absolute atomic E-state index is 3.18. The van der Waals surface area contributed by atoms with Gasteiger partial charge in [-0.15, -0.1) is 0 Å². The fourth-order valence-corrected chi connectivity index (χ4v) is 1.44. The number of likely N-dealkylation sites (tertiary alicyclic amines) is 1. The molecule has 0 atom stereocenters. The first-order valence-corrected chi connectivity index (χ1v) is 4.20. The van der Waals surface area contributed by atoms with E-state index in [0.717, 1.165) is 12.6 Å². The first kappa shape index (κ1) is 8.02. The molecule has 1 fully saturated rings. The van der Waals surface area contributed by atoms with Crippen LogP contribution in [0.25, 0.3) is 0 Å². The molecule has 0 unspecified atom stereocenters. The van der Waals surface area contributed by atoms with Gasteiger partial charge in [0.25, 0.3) is 0 Å². The maximum Gasteiger partial charge on any atom is 0.0477 e. The number of rotatable bonds is 2. The van der Waals surface area contributed by atoms with Crippen molar-refractivity contribution in [2.75, 3.05) is 26.8 Å². The summed E-state index contributed by atoms with van der Waals surface area (Å²) in [6.07, 6.45) is 2.75. The highest BCUT2D eigenvalue weighted by Crippen LogP contribution is 2.14. The summed E-state index contributed by atoms with van der Waals surface area (Å²) in [6, 6.07) is 0. The van der Waals surface area contributed by atoms with Crippen LogP contribution in [0.5, 0.6) is 0 Å². The van der Waals surface area contributed by atoms with Crippen LogP contribution in [-0.4, -0.2) is 31.7 Å². The quantitative estimate of drug-likeness (QED) is 0.616. The van der Waals surface area contributed by atoms with Crippen LogP contribution in [-0.2, 0) is 0 Å². The average molecular weight is 142 g/mol. The topological polar surface area (TPSA) is 15.3 Å². The van der Waals surface area contributed by atoms with E-state index >= 15 is 0 Å². The van der Waals surface area contributed by atoms with Crippen molar-refractivity contribution in [1.82, 2.24) is 10.2 Å². The van der Waals surface area contributed by atoms with E-state index in [9.17, 15) is 0 Å². The van der Waals surface area contributed by atoms with Crippen LogP contribution in [0, 0.1) is 5.92 Å². The van der Waals surface area contributed by atoms with Gasteiger partial charge in [-0.25, -0.2) is 0 Å². The number of piperidine rings is 1. The van der Waals surface area contributed by atoms with E-state index in [4.69, 9.17) is 0 Å². The first-order chi connectivity index (χ1) is 4.83. The van der Waals surface area contributed by atoms with E-state index in [1.165, 1.54) is 25.9 Å². The highest BCUT2D eigenvalue weighted by atomic mass is 15.2. The van der Waals surface area contributed by atoms with Crippen molar-refractivity contribution < 1.29 is 0 Å². The molecular formula is C8H18N2. The molecule has 1 saturated heterocycles. The number of hydrogen-bond acceptors (Lipinski definition) is 2. The zero-order chi connectivity index (χ0) is 7.40. The highest BCUT2D eigenvalue weighted by Gasteiger charge is 2.13. The molecule has 1 heterocycles. The molecule has 2 nitrogen and oxygen atoms in total. The molecule has 2 heteroatoms. The van der Waals surface area contributed by atoms with Crippen LogP contribution in [0.3, 0.4) is 0 Å². The molecule has 0 aromatic rings. The van der Waals surface area contributed by atoms with Crippen molar-refractivity contribution in [3.63, 3.8) is 0 Å². The summed E-state index contributed by atoms with van der Waals surface area (Å²) >= 11 is 0. The normalized spacial score (nSPS) is 23.4. The molecule has 0 spiro atoms. The summed E-state index contributed by atoms with van der Waals surface area (Å²) in [5.74, 6) is 0.952. The van der Waals surface area contributed by atoms with E-state index in [2.05, 4.69) is 17.1 Å². The third-order valence-electron chi connectivity index (χ3n) is 2.26. The Bertz CT molecular complexity index is 85.3. The van der Waals surface area contributed by atoms with Crippen LogP contribution in [0.4, 0.5) is 0 Å². The lowest BCUT2D eigenvalue weighted by atomic mass is 10.00. The van der Waals surface area contributed by atoms with Gasteiger partial charge in [0, 0.05) is 6.67 Å². The smallest absolute Gasteiger partial charge is 0.0477 e. The maximum atomic E-state index is 3.18. The van der Waals surface area contributed by atoms with Crippen LogP contribution in [0.1, 0.15) is 19.8 Å². The molecule has 1 rings (SSSR count). The minimum atomic E-state index is 0.952. The van der Waals surface area contributed by atoms with Gasteiger partial charge in [0.05, 0.1) is 0 Å². The molecule has 0 aliphatic carbocycles. The van der Waals surface area contributed by atoms with E-state index in [0.29, 0.717) is 0 Å². The lowest BCUT2D eigenvalue weighted by Crippen LogP contribution is -2.38. The summed E-state index contributed by atoms with van der Waals surface area (Å²) in [4.78, 5) is 2.47. The Balaban J connectivity index is 2.13. The van der Waals surface area contributed by atoms with Gasteiger partial charge in [-0.1, -0.05) is 6.92 Å². The molecule has 0 radical (unpaired) electrons. The molecule has 10 heavy (non-hydrogen) atoms. The first-order valence-electron chi connectivity index (χ1n) is 4.20. The van der Waals surface area contributed by atoms with Crippen LogP contribution < -0.4 is 5.32 Å². The van der Waals surface area contributed by atoms with Crippen molar-refractivity contribution >= 4 is 0 Å². The van der Waals surface area contributed by atoms with Gasteiger partial charge in [-0.05, 0) is 38.9 Å². The Morgan fingerprint density at radius 3 is 2.50 bits per heavy atom. The number of nitrogens with one attached hydrogen (secondary N) is 1. The van der Waals surface area contributed by atoms with E-state index < -0.39 is 0 Å². The summed E-state index contributed by atoms with van der Waals surface area (Å²) < 4.78 is 0. The predicted octanol–water partition coefficient (Wildman–Crippen LogP) is 0.895. The Morgan fingerprint density at radius 1 is 1.40 bits per heavy atom. The number of hydrogen-bond donors (Lipinski definition) is 1. The molecule has 0 amide bonds. The lowest BCUT2D eigenvalue weighted by molar-refractivity contribution is 0.184. The van der Waals surface area contributed by atoms with Gasteiger partial charge < -0.3 is 5.32 Å². The van der Waals surface area contributed by atoms with Crippen LogP contribution in [0.2, 0.25) is 0 Å². The third kappa shape index (κ3) is 2.27. The second-order valence-electron chi connectivity index (χ2n) is 3.31. The molecule has 0 saturated carbocycles. The standard InChI is InChI=1S/C8H18N2/c1-8-3-5-10(6-4-8)7-9-2/h8-9H,3-7H2,1-2H3. The lowest BCUT2D eigenvalue weighted by Gasteiger charge is -2.29. The molecule has 1 N–H and O–H groups in total. The summed E-state index contributed by atoms with van der Waals surface area (Å²) in [7, 11) is 2.01. The molecule has 60 valence electrons. The van der Waals surface area contributed by atoms with Gasteiger partial charge in [-0.2, -0.15) is 0 Å². The fraction of sp³-hybridized carbons (Fsp3) is 1.00. The Kier molecular flexibility index (Phi) is 3.16. The van der Waals surface area contributed by atoms with Crippen LogP contribution >= 0.6 is 0 Å². The van der Waals surface area contributed by atoms with Gasteiger partial charge in [0.1, 0.15) is 0 Å². The monoisotopic (exact) mass is 142 g/mol. The van der Waals surface area contributed by atoms with Crippen LogP contribution in [0.15, 0.2) is 0 Å². The largest absolute Gasteiger partial charge is 0.307 e. The van der Waals surface area contributed by atoms with Gasteiger partial charge in [0.2, 0.25) is 0 Å². The van der Waals surface area contributed by atoms with Crippen molar-refractivity contribution in [2.45, 2.75) is 19.8 Å². The summed E-state index contributed by atoms with van der Waals surface area (Å²) in [5.41, 5.74) is 0. The minimum absolute atomic E-state index is 0.952. The van der Waals surface area contributed by atoms with Gasteiger partial charge >= 0.3 is 0 Å². The zero-order valence-electron chi connectivity index (χ0n) is 7.06. The fourth-order valence-electron chi connectivity index (χ4n) is 1.44. The van der Waals surface area contributed by atoms with Gasteiger partial charge in [0.15, 0.2) is 0 Å². The van der Waals surface area contributed by atoms with Crippen molar-refractivity contribution in [3.8, 4) is 0 Å². The molecule has 1 aliphatic rings. The minimum Gasteiger partial charge on any atom is -0.307 e. The molecule has 0 aromatic heterocycles. The zero-order valence-corrected chi connectivity index (χ0v) is 7.06. The third-order valence-corrected chi connectivity index (χ3v) is 2.26. The second-order valence-corrected chi connectivity index (χ2v) is 3.31. The van der Waals surface area contributed by atoms with Gasteiger partial charge in [-0.3, -0.25) is 4.90 Å². The molecule has 0 aromatic carbocycles. The van der Waals surface area contributed by atoms with E-state index in [1.807, 2.05) is 7.05 Å². The van der Waals surface area contributed by atoms with E-state index in [1.54, 1.807) is 0 Å². The van der Waals surface area contributed by atoms with E-state index in [-0.39, 0.29) is 0 Å². The van der Waals surface area contributed by atoms with Crippen molar-refractivity contribution in [1.29, 1.82) is 0 Å². The average Bonchev–Trinajstić information content (AvgIpc) is 1.95. The molecule has 0 bridgehead atoms.